The van der Waals surface area contributed by atoms with Gasteiger partial charge in [0.05, 0.1) is 12.6 Å². The molecule has 0 spiro atoms. The van der Waals surface area contributed by atoms with Crippen molar-refractivity contribution in [3.8, 4) is 5.75 Å². The highest BCUT2D eigenvalue weighted by molar-refractivity contribution is 7.91. The molecule has 1 aliphatic heterocycles. The first-order valence-corrected chi connectivity index (χ1v) is 20.9. The number of aliphatic hydroxyl groups excluding tert-OH is 1. The van der Waals surface area contributed by atoms with Crippen LogP contribution >= 0.6 is 0 Å². The second kappa shape index (κ2) is 17.8. The molecule has 7 atom stereocenters. The molecule has 0 bridgehead atoms. The number of esters is 1. The highest BCUT2D eigenvalue weighted by Gasteiger charge is 2.57. The lowest BCUT2D eigenvalue weighted by molar-refractivity contribution is -0.284. The van der Waals surface area contributed by atoms with Crippen LogP contribution in [0.2, 0.25) is 0 Å². The van der Waals surface area contributed by atoms with Gasteiger partial charge in [0.1, 0.15) is 17.3 Å². The maximum Gasteiger partial charge on any atom is 0.453 e. The zero-order chi connectivity index (χ0) is 36.8. The molecule has 1 aromatic rings. The SMILES string of the molecule is CN1CCN(CC(=O)Oc2ccc3c(c2)CC(CCCCCCCCC[S+]([O-])CCCC(F)(F)C(F)(F)F)C2C3CCC3(C)C(O)CCC23)CC1. The summed E-state index contributed by atoms with van der Waals surface area (Å²) in [7, 11) is 2.10. The first kappa shape index (κ1) is 40.7. The summed E-state index contributed by atoms with van der Waals surface area (Å²) in [4.78, 5) is 17.3. The third-order valence-corrected chi connectivity index (χ3v) is 14.2. The van der Waals surface area contributed by atoms with Gasteiger partial charge < -0.3 is 19.3 Å². The van der Waals surface area contributed by atoms with Crippen molar-refractivity contribution in [1.29, 1.82) is 0 Å². The van der Waals surface area contributed by atoms with Crippen LogP contribution in [0, 0.1) is 23.2 Å². The molecule has 2 saturated carbocycles. The molecule has 5 rings (SSSR count). The Balaban J connectivity index is 1.07. The van der Waals surface area contributed by atoms with Gasteiger partial charge >= 0.3 is 18.1 Å². The Kier molecular flexibility index (Phi) is 14.2. The van der Waals surface area contributed by atoms with Crippen LogP contribution in [-0.2, 0) is 22.4 Å². The van der Waals surface area contributed by atoms with Crippen LogP contribution in [-0.4, -0.2) is 94.9 Å². The van der Waals surface area contributed by atoms with Gasteiger partial charge in [0.2, 0.25) is 0 Å². The Morgan fingerprint density at radius 1 is 0.961 bits per heavy atom. The van der Waals surface area contributed by atoms with Gasteiger partial charge in [-0.1, -0.05) is 56.3 Å². The molecule has 1 aromatic carbocycles. The maximum atomic E-state index is 13.1. The molecule has 1 heterocycles. The minimum absolute atomic E-state index is 0.0204. The number of aliphatic hydroxyl groups is 1. The van der Waals surface area contributed by atoms with Crippen molar-refractivity contribution in [2.45, 2.75) is 127 Å². The minimum atomic E-state index is -5.55. The number of piperazine rings is 1. The molecule has 6 nitrogen and oxygen atoms in total. The highest BCUT2D eigenvalue weighted by atomic mass is 32.2. The lowest BCUT2D eigenvalue weighted by atomic mass is 9.52. The number of hydrogen-bond acceptors (Lipinski definition) is 6. The lowest BCUT2D eigenvalue weighted by Crippen LogP contribution is -2.47. The van der Waals surface area contributed by atoms with Crippen LogP contribution in [0.3, 0.4) is 0 Å². The van der Waals surface area contributed by atoms with Crippen LogP contribution in [0.25, 0.3) is 0 Å². The Labute approximate surface area is 304 Å². The van der Waals surface area contributed by atoms with E-state index in [2.05, 4.69) is 35.9 Å². The van der Waals surface area contributed by atoms with Crippen LogP contribution in [0.1, 0.15) is 114 Å². The molecule has 1 N–H and O–H groups in total. The summed E-state index contributed by atoms with van der Waals surface area (Å²) in [6, 6.07) is 6.30. The van der Waals surface area contributed by atoms with E-state index in [0.717, 1.165) is 103 Å². The number of rotatable bonds is 17. The monoisotopic (exact) mass is 746 g/mol. The molecule has 7 unspecified atom stereocenters. The molecular formula is C39H59F5N2O4S. The number of fused-ring (bicyclic) bond motifs is 5. The average molecular weight is 747 g/mol. The van der Waals surface area contributed by atoms with E-state index in [-0.39, 0.29) is 23.2 Å². The zero-order valence-corrected chi connectivity index (χ0v) is 31.4. The van der Waals surface area contributed by atoms with Gasteiger partial charge in [-0.05, 0) is 117 Å². The van der Waals surface area contributed by atoms with E-state index < -0.39 is 36.1 Å². The third kappa shape index (κ3) is 10.4. The van der Waals surface area contributed by atoms with Crippen molar-refractivity contribution in [2.24, 2.45) is 23.2 Å². The minimum Gasteiger partial charge on any atom is -0.616 e. The summed E-state index contributed by atoms with van der Waals surface area (Å²) >= 11 is -1.37. The van der Waals surface area contributed by atoms with Crippen molar-refractivity contribution in [2.75, 3.05) is 51.3 Å². The van der Waals surface area contributed by atoms with Crippen molar-refractivity contribution >= 4 is 17.1 Å². The molecule has 4 aliphatic rings. The fraction of sp³-hybridized carbons (Fsp3) is 0.821. The number of likely N-dealkylation sites (N-methyl/N-ethyl adjacent to an activating group) is 1. The molecule has 0 radical (unpaired) electrons. The first-order valence-electron chi connectivity index (χ1n) is 19.4. The quantitative estimate of drug-likeness (QED) is 0.0571. The molecule has 0 aromatic heterocycles. The summed E-state index contributed by atoms with van der Waals surface area (Å²) in [6.45, 7) is 6.25. The number of carbonyl (C=O) groups excluding carboxylic acids is 1. The number of carbonyl (C=O) groups is 1. The standard InChI is InChI=1S/C39H59F5N2O4S/c1-37-18-16-32-31-13-12-30(50-35(48)27-46-21-19-45(2)20-22-46)26-29(31)25-28(36(32)33(37)14-15-34(37)47)11-8-6-4-3-5-7-9-23-51(49)24-10-17-38(40,41)39(42,43)44/h12-13,26,28,32-34,36,47H,3-11,14-25,27H2,1-2H3. The fourth-order valence-electron chi connectivity index (χ4n) is 9.69. The molecule has 51 heavy (non-hydrogen) atoms. The van der Waals surface area contributed by atoms with Gasteiger partial charge in [-0.15, -0.1) is 0 Å². The van der Waals surface area contributed by atoms with Gasteiger partial charge in [0.25, 0.3) is 0 Å². The molecule has 3 aliphatic carbocycles. The van der Waals surface area contributed by atoms with E-state index in [1.54, 1.807) is 0 Å². The number of ether oxygens (including phenoxy) is 1. The normalized spacial score (nSPS) is 29.3. The van der Waals surface area contributed by atoms with Crippen LogP contribution in [0.5, 0.6) is 5.75 Å². The largest absolute Gasteiger partial charge is 0.616 e. The van der Waals surface area contributed by atoms with E-state index in [1.165, 1.54) is 11.1 Å². The predicted octanol–water partition coefficient (Wildman–Crippen LogP) is 8.13. The Bertz CT molecular complexity index is 1280. The van der Waals surface area contributed by atoms with Gasteiger partial charge in [0.15, 0.2) is 0 Å². The average Bonchev–Trinajstić information content (AvgIpc) is 3.37. The summed E-state index contributed by atoms with van der Waals surface area (Å²) in [5.74, 6) is -2.05. The first-order chi connectivity index (χ1) is 24.2. The number of unbranched alkanes of at least 4 members (excludes halogenated alkanes) is 6. The van der Waals surface area contributed by atoms with Gasteiger partial charge in [-0.3, -0.25) is 9.69 Å². The second-order valence-corrected chi connectivity index (χ2v) is 17.9. The fourth-order valence-corrected chi connectivity index (χ4v) is 10.9. The van der Waals surface area contributed by atoms with E-state index in [0.29, 0.717) is 48.1 Å². The molecule has 12 heteroatoms. The topological polar surface area (TPSA) is 76.1 Å². The number of alkyl halides is 5. The van der Waals surface area contributed by atoms with Crippen molar-refractivity contribution in [3.05, 3.63) is 29.3 Å². The molecule has 3 fully saturated rings. The highest BCUT2D eigenvalue weighted by Crippen LogP contribution is 2.62. The van der Waals surface area contributed by atoms with Gasteiger partial charge in [-0.2, -0.15) is 22.0 Å². The summed E-state index contributed by atoms with van der Waals surface area (Å²) in [6.07, 6.45) is 5.61. The lowest BCUT2D eigenvalue weighted by Gasteiger charge is -2.53. The Hall–Kier alpha value is -1.47. The molecular weight excluding hydrogens is 687 g/mol. The number of benzene rings is 1. The van der Waals surface area contributed by atoms with Crippen molar-refractivity contribution in [3.63, 3.8) is 0 Å². The van der Waals surface area contributed by atoms with E-state index >= 15 is 0 Å². The number of halogens is 5. The zero-order valence-electron chi connectivity index (χ0n) is 30.5. The van der Waals surface area contributed by atoms with E-state index in [4.69, 9.17) is 4.74 Å². The molecule has 0 amide bonds. The summed E-state index contributed by atoms with van der Waals surface area (Å²) in [5, 5.41) is 11.0. The number of nitrogens with zero attached hydrogens (tertiary/aromatic N) is 2. The predicted molar refractivity (Wildman–Crippen MR) is 191 cm³/mol. The van der Waals surface area contributed by atoms with Crippen LogP contribution < -0.4 is 4.74 Å². The molecule has 290 valence electrons. The summed E-state index contributed by atoms with van der Waals surface area (Å²) in [5.41, 5.74) is 2.69. The number of hydrogen-bond donors (Lipinski definition) is 1. The summed E-state index contributed by atoms with van der Waals surface area (Å²) < 4.78 is 81.0. The van der Waals surface area contributed by atoms with Crippen LogP contribution in [0.4, 0.5) is 22.0 Å². The van der Waals surface area contributed by atoms with Gasteiger partial charge in [0, 0.05) is 32.6 Å². The van der Waals surface area contributed by atoms with E-state index in [9.17, 15) is 36.4 Å². The van der Waals surface area contributed by atoms with Gasteiger partial charge in [-0.25, -0.2) is 0 Å². The van der Waals surface area contributed by atoms with E-state index in [1.807, 2.05) is 6.07 Å². The molecule has 1 saturated heterocycles. The van der Waals surface area contributed by atoms with Crippen LogP contribution in [0.15, 0.2) is 18.2 Å². The smallest absolute Gasteiger partial charge is 0.453 e. The maximum absolute atomic E-state index is 13.1. The van der Waals surface area contributed by atoms with Crippen molar-refractivity contribution < 1.29 is 41.1 Å². The Morgan fingerprint density at radius 3 is 2.33 bits per heavy atom. The second-order valence-electron chi connectivity index (χ2n) is 16.2. The Morgan fingerprint density at radius 2 is 1.63 bits per heavy atom. The third-order valence-electron chi connectivity index (χ3n) is 12.7. The van der Waals surface area contributed by atoms with Crippen molar-refractivity contribution in [1.82, 2.24) is 9.80 Å².